The van der Waals surface area contributed by atoms with E-state index in [1.165, 1.54) is 30.5 Å². The molecule has 0 aliphatic carbocycles. The molecular weight excluding hydrogens is 318 g/mol. The van der Waals surface area contributed by atoms with Gasteiger partial charge in [-0.1, -0.05) is 12.1 Å². The van der Waals surface area contributed by atoms with Crippen molar-refractivity contribution in [3.8, 4) is 0 Å². The van der Waals surface area contributed by atoms with Crippen LogP contribution in [0.2, 0.25) is 0 Å². The summed E-state index contributed by atoms with van der Waals surface area (Å²) in [6.07, 6.45) is -3.50. The molecule has 2 aromatic rings. The molecule has 0 bridgehead atoms. The molecule has 0 spiro atoms. The van der Waals surface area contributed by atoms with Crippen molar-refractivity contribution in [3.05, 3.63) is 69.5 Å². The fraction of sp³-hybridized carbons (Fsp3) is 0.0714. The average molecular weight is 327 g/mol. The lowest BCUT2D eigenvalue weighted by Crippen LogP contribution is -2.06. The van der Waals surface area contributed by atoms with E-state index in [1.54, 1.807) is 0 Å². The number of anilines is 1. The standard InChI is InChI=1S/C14H9F4N3O2/c15-11-3-1-2-9(6-11)8-19-20-12-5-4-10(14(16,17)18)7-13(12)21(22)23/h1-8,20H/b19-8-. The van der Waals surface area contributed by atoms with Gasteiger partial charge >= 0.3 is 6.18 Å². The van der Waals surface area contributed by atoms with Crippen LogP contribution in [0.5, 0.6) is 0 Å². The zero-order chi connectivity index (χ0) is 17.0. The Labute approximate surface area is 127 Å². The molecule has 0 atom stereocenters. The van der Waals surface area contributed by atoms with Gasteiger partial charge in [0.1, 0.15) is 11.5 Å². The molecule has 2 rings (SSSR count). The maximum atomic E-state index is 13.0. The van der Waals surface area contributed by atoms with Crippen molar-refractivity contribution in [2.45, 2.75) is 6.18 Å². The van der Waals surface area contributed by atoms with Crippen LogP contribution in [0.1, 0.15) is 11.1 Å². The number of nitro benzene ring substituents is 1. The van der Waals surface area contributed by atoms with E-state index in [-0.39, 0.29) is 5.69 Å². The minimum Gasteiger partial charge on any atom is -0.272 e. The zero-order valence-corrected chi connectivity index (χ0v) is 11.3. The summed E-state index contributed by atoms with van der Waals surface area (Å²) in [6.45, 7) is 0. The molecule has 0 fully saturated rings. The number of rotatable bonds is 4. The van der Waals surface area contributed by atoms with Crippen LogP contribution in [-0.4, -0.2) is 11.1 Å². The molecule has 2 aromatic carbocycles. The molecule has 0 amide bonds. The summed E-state index contributed by atoms with van der Waals surface area (Å²) in [4.78, 5) is 9.93. The van der Waals surface area contributed by atoms with Crippen LogP contribution < -0.4 is 5.43 Å². The van der Waals surface area contributed by atoms with Crippen molar-refractivity contribution in [1.29, 1.82) is 0 Å². The minimum absolute atomic E-state index is 0.212. The fourth-order valence-corrected chi connectivity index (χ4v) is 1.72. The summed E-state index contributed by atoms with van der Waals surface area (Å²) in [7, 11) is 0. The van der Waals surface area contributed by atoms with E-state index >= 15 is 0 Å². The van der Waals surface area contributed by atoms with E-state index in [1.807, 2.05) is 0 Å². The van der Waals surface area contributed by atoms with Crippen molar-refractivity contribution in [2.75, 3.05) is 5.43 Å². The van der Waals surface area contributed by atoms with E-state index < -0.39 is 28.2 Å². The molecule has 23 heavy (non-hydrogen) atoms. The molecule has 1 N–H and O–H groups in total. The number of nitrogens with zero attached hydrogens (tertiary/aromatic N) is 2. The number of hydrogen-bond acceptors (Lipinski definition) is 4. The van der Waals surface area contributed by atoms with Gasteiger partial charge < -0.3 is 0 Å². The van der Waals surface area contributed by atoms with E-state index in [2.05, 4.69) is 10.5 Å². The van der Waals surface area contributed by atoms with Crippen LogP contribution in [0.15, 0.2) is 47.6 Å². The van der Waals surface area contributed by atoms with Gasteiger partial charge in [-0.05, 0) is 29.8 Å². The van der Waals surface area contributed by atoms with Gasteiger partial charge in [0, 0.05) is 6.07 Å². The van der Waals surface area contributed by atoms with Crippen LogP contribution in [0, 0.1) is 15.9 Å². The summed E-state index contributed by atoms with van der Waals surface area (Å²) >= 11 is 0. The van der Waals surface area contributed by atoms with E-state index in [0.29, 0.717) is 17.7 Å². The van der Waals surface area contributed by atoms with E-state index in [4.69, 9.17) is 0 Å². The van der Waals surface area contributed by atoms with Crippen molar-refractivity contribution in [3.63, 3.8) is 0 Å². The third-order valence-electron chi connectivity index (χ3n) is 2.77. The Kier molecular flexibility index (Phi) is 4.58. The first-order valence-electron chi connectivity index (χ1n) is 6.17. The Bertz CT molecular complexity index is 760. The highest BCUT2D eigenvalue weighted by molar-refractivity contribution is 5.80. The Morgan fingerprint density at radius 2 is 1.91 bits per heavy atom. The second-order valence-electron chi connectivity index (χ2n) is 4.41. The number of hydrazone groups is 1. The highest BCUT2D eigenvalue weighted by Crippen LogP contribution is 2.34. The lowest BCUT2D eigenvalue weighted by atomic mass is 10.1. The first kappa shape index (κ1) is 16.4. The largest absolute Gasteiger partial charge is 0.416 e. The molecule has 0 saturated carbocycles. The van der Waals surface area contributed by atoms with Gasteiger partial charge in [-0.15, -0.1) is 0 Å². The normalized spacial score (nSPS) is 11.7. The van der Waals surface area contributed by atoms with Gasteiger partial charge in [0.25, 0.3) is 5.69 Å². The number of nitrogens with one attached hydrogen (secondary N) is 1. The van der Waals surface area contributed by atoms with Gasteiger partial charge in [-0.25, -0.2) is 4.39 Å². The third-order valence-corrected chi connectivity index (χ3v) is 2.77. The molecule has 0 aliphatic heterocycles. The molecule has 0 radical (unpaired) electrons. The Morgan fingerprint density at radius 1 is 1.17 bits per heavy atom. The molecule has 9 heteroatoms. The molecule has 5 nitrogen and oxygen atoms in total. The molecule has 0 heterocycles. The van der Waals surface area contributed by atoms with Crippen LogP contribution in [0.25, 0.3) is 0 Å². The van der Waals surface area contributed by atoms with Crippen molar-refractivity contribution >= 4 is 17.6 Å². The number of alkyl halides is 3. The average Bonchev–Trinajstić information content (AvgIpc) is 2.46. The highest BCUT2D eigenvalue weighted by atomic mass is 19.4. The van der Waals surface area contributed by atoms with Crippen LogP contribution in [-0.2, 0) is 6.18 Å². The van der Waals surface area contributed by atoms with Crippen molar-refractivity contribution in [1.82, 2.24) is 0 Å². The second-order valence-corrected chi connectivity index (χ2v) is 4.41. The zero-order valence-electron chi connectivity index (χ0n) is 11.3. The predicted molar refractivity (Wildman–Crippen MR) is 75.7 cm³/mol. The Balaban J connectivity index is 2.24. The smallest absolute Gasteiger partial charge is 0.272 e. The topological polar surface area (TPSA) is 67.5 Å². The molecule has 120 valence electrons. The summed E-state index contributed by atoms with van der Waals surface area (Å²) in [5, 5.41) is 14.5. The fourth-order valence-electron chi connectivity index (χ4n) is 1.72. The molecule has 0 unspecified atom stereocenters. The number of halogens is 4. The van der Waals surface area contributed by atoms with E-state index in [0.717, 1.165) is 6.07 Å². The quantitative estimate of drug-likeness (QED) is 0.396. The predicted octanol–water partition coefficient (Wildman–Crippen LogP) is 4.20. The van der Waals surface area contributed by atoms with Crippen molar-refractivity contribution < 1.29 is 22.5 Å². The third kappa shape index (κ3) is 4.25. The first-order chi connectivity index (χ1) is 10.8. The lowest BCUT2D eigenvalue weighted by molar-refractivity contribution is -0.384. The molecule has 0 saturated heterocycles. The second kappa shape index (κ2) is 6.42. The summed E-state index contributed by atoms with van der Waals surface area (Å²) < 4.78 is 50.7. The van der Waals surface area contributed by atoms with Crippen molar-refractivity contribution in [2.24, 2.45) is 5.10 Å². The number of nitro groups is 1. The summed E-state index contributed by atoms with van der Waals surface area (Å²) in [5.41, 5.74) is 0.546. The molecule has 0 aromatic heterocycles. The Hall–Kier alpha value is -2.97. The van der Waals surface area contributed by atoms with E-state index in [9.17, 15) is 27.7 Å². The van der Waals surface area contributed by atoms with Gasteiger partial charge in [0.05, 0.1) is 16.7 Å². The van der Waals surface area contributed by atoms with Gasteiger partial charge in [0.15, 0.2) is 0 Å². The lowest BCUT2D eigenvalue weighted by Gasteiger charge is -2.08. The maximum Gasteiger partial charge on any atom is 0.416 e. The summed E-state index contributed by atoms with van der Waals surface area (Å²) in [6, 6.07) is 7.40. The van der Waals surface area contributed by atoms with Crippen LogP contribution in [0.3, 0.4) is 0 Å². The maximum absolute atomic E-state index is 13.0. The monoisotopic (exact) mass is 327 g/mol. The van der Waals surface area contributed by atoms with Crippen LogP contribution >= 0.6 is 0 Å². The van der Waals surface area contributed by atoms with Gasteiger partial charge in [-0.3, -0.25) is 15.5 Å². The van der Waals surface area contributed by atoms with Gasteiger partial charge in [-0.2, -0.15) is 18.3 Å². The first-order valence-corrected chi connectivity index (χ1v) is 6.17. The number of benzene rings is 2. The minimum atomic E-state index is -4.69. The van der Waals surface area contributed by atoms with Gasteiger partial charge in [0.2, 0.25) is 0 Å². The van der Waals surface area contributed by atoms with Crippen LogP contribution in [0.4, 0.5) is 28.9 Å². The number of hydrogen-bond donors (Lipinski definition) is 1. The molecular formula is C14H9F4N3O2. The molecule has 0 aliphatic rings. The SMILES string of the molecule is O=[N+]([O-])c1cc(C(F)(F)F)ccc1N/N=C\c1cccc(F)c1. The summed E-state index contributed by atoms with van der Waals surface area (Å²) in [5.74, 6) is -0.491. The highest BCUT2D eigenvalue weighted by Gasteiger charge is 2.33. The Morgan fingerprint density at radius 3 is 2.52 bits per heavy atom.